The van der Waals surface area contributed by atoms with E-state index in [4.69, 9.17) is 27.8 Å². The fraction of sp³-hybridized carbons (Fsp3) is 1.00. The molecule has 0 aromatic carbocycles. The lowest BCUT2D eigenvalue weighted by atomic mass is 9.99. The van der Waals surface area contributed by atoms with Gasteiger partial charge in [0.15, 0.2) is 18.9 Å². The molecule has 0 bridgehead atoms. The van der Waals surface area contributed by atoms with Gasteiger partial charge < -0.3 is 75.5 Å². The highest BCUT2D eigenvalue weighted by atomic mass is 31.2. The molecule has 0 aliphatic carbocycles. The zero-order valence-corrected chi connectivity index (χ0v) is 20.3. The Kier molecular flexibility index (Phi) is 11.0. The molecule has 3 fully saturated rings. The van der Waals surface area contributed by atoms with Crippen LogP contribution in [0.15, 0.2) is 0 Å². The first-order valence-corrected chi connectivity index (χ1v) is 12.8. The van der Waals surface area contributed by atoms with Gasteiger partial charge in [0.1, 0.15) is 73.2 Å². The molecular weight excluding hydrogens is 551 g/mol. The van der Waals surface area contributed by atoms with Gasteiger partial charge >= 0.3 is 7.82 Å². The van der Waals surface area contributed by atoms with Gasteiger partial charge in [-0.3, -0.25) is 13.6 Å². The van der Waals surface area contributed by atoms with Gasteiger partial charge in [-0.25, -0.2) is 4.57 Å². The molecule has 15 atom stereocenters. The first kappa shape index (κ1) is 32.0. The van der Waals surface area contributed by atoms with Crippen molar-refractivity contribution in [2.24, 2.45) is 0 Å². The lowest BCUT2D eigenvalue weighted by Crippen LogP contribution is -2.60. The molecule has 0 aromatic rings. The van der Waals surface area contributed by atoms with E-state index in [-0.39, 0.29) is 0 Å². The van der Waals surface area contributed by atoms with E-state index < -0.39 is 120 Å². The molecule has 224 valence electrons. The number of hydrogen-bond donors (Lipinski definition) is 12. The van der Waals surface area contributed by atoms with Gasteiger partial charge in [-0.05, 0) is 0 Å². The van der Waals surface area contributed by atoms with Crippen LogP contribution in [0.2, 0.25) is 0 Å². The number of rotatable bonds is 9. The predicted molar refractivity (Wildman–Crippen MR) is 112 cm³/mol. The summed E-state index contributed by atoms with van der Waals surface area (Å²) in [6.45, 7) is -2.76. The topological polar surface area (TPSA) is 315 Å². The van der Waals surface area contributed by atoms with Crippen LogP contribution in [0, 0.1) is 0 Å². The number of phosphoric acid groups is 1. The van der Waals surface area contributed by atoms with Crippen LogP contribution in [0.25, 0.3) is 0 Å². The Morgan fingerprint density at radius 1 is 0.447 bits per heavy atom. The molecule has 3 aliphatic heterocycles. The van der Waals surface area contributed by atoms with E-state index in [1.165, 1.54) is 0 Å². The van der Waals surface area contributed by atoms with Crippen molar-refractivity contribution in [1.29, 1.82) is 0 Å². The molecule has 3 saturated heterocycles. The van der Waals surface area contributed by atoms with Gasteiger partial charge in [0.2, 0.25) is 0 Å². The van der Waals surface area contributed by atoms with Crippen LogP contribution in [0.5, 0.6) is 0 Å². The van der Waals surface area contributed by atoms with Crippen LogP contribution in [-0.2, 0) is 32.3 Å². The highest BCUT2D eigenvalue weighted by Gasteiger charge is 2.54. The minimum Gasteiger partial charge on any atom is -0.394 e. The van der Waals surface area contributed by atoms with Crippen LogP contribution in [0.1, 0.15) is 0 Å². The Hall–Kier alpha value is -0.490. The minimum atomic E-state index is -5.46. The van der Waals surface area contributed by atoms with Crippen molar-refractivity contribution in [3.63, 3.8) is 0 Å². The van der Waals surface area contributed by atoms with Crippen molar-refractivity contribution in [3.8, 4) is 0 Å². The third kappa shape index (κ3) is 6.52. The molecule has 0 saturated carbocycles. The van der Waals surface area contributed by atoms with Crippen LogP contribution in [0.3, 0.4) is 0 Å². The first-order chi connectivity index (χ1) is 17.8. The second-order valence-corrected chi connectivity index (χ2v) is 10.4. The van der Waals surface area contributed by atoms with Crippen molar-refractivity contribution in [2.45, 2.75) is 92.1 Å². The van der Waals surface area contributed by atoms with E-state index in [1.807, 2.05) is 0 Å². The van der Waals surface area contributed by atoms with Gasteiger partial charge in [0.05, 0.1) is 19.8 Å². The van der Waals surface area contributed by atoms with Crippen LogP contribution in [-0.4, -0.2) is 173 Å². The van der Waals surface area contributed by atoms with Crippen molar-refractivity contribution in [2.75, 3.05) is 19.8 Å². The molecule has 3 heterocycles. The van der Waals surface area contributed by atoms with E-state index >= 15 is 0 Å². The van der Waals surface area contributed by atoms with E-state index in [2.05, 4.69) is 0 Å². The molecule has 0 aromatic heterocycles. The van der Waals surface area contributed by atoms with E-state index in [1.54, 1.807) is 0 Å². The average molecular weight is 584 g/mol. The number of aliphatic hydroxyl groups excluding tert-OH is 12. The molecule has 3 aliphatic rings. The second-order valence-electron chi connectivity index (χ2n) is 8.86. The smallest absolute Gasteiger partial charge is 0.394 e. The van der Waals surface area contributed by atoms with E-state index in [9.17, 15) is 65.8 Å². The number of aliphatic hydroxyl groups is 12. The fourth-order valence-electron chi connectivity index (χ4n) is 3.92. The maximum atomic E-state index is 13.7. The summed E-state index contributed by atoms with van der Waals surface area (Å²) in [6, 6.07) is 0. The molecule has 38 heavy (non-hydrogen) atoms. The van der Waals surface area contributed by atoms with Crippen molar-refractivity contribution in [3.05, 3.63) is 0 Å². The normalized spacial score (nSPS) is 48.7. The van der Waals surface area contributed by atoms with Crippen LogP contribution in [0.4, 0.5) is 0 Å². The van der Waals surface area contributed by atoms with Gasteiger partial charge in [-0.15, -0.1) is 0 Å². The quantitative estimate of drug-likeness (QED) is 0.112. The third-order valence-electron chi connectivity index (χ3n) is 6.24. The summed E-state index contributed by atoms with van der Waals surface area (Å²) in [4.78, 5) is 0. The largest absolute Gasteiger partial charge is 0.482 e. The van der Waals surface area contributed by atoms with Gasteiger partial charge in [0, 0.05) is 0 Å². The summed E-state index contributed by atoms with van der Waals surface area (Å²) < 4.78 is 44.2. The molecule has 0 unspecified atom stereocenters. The van der Waals surface area contributed by atoms with Crippen molar-refractivity contribution in [1.82, 2.24) is 0 Å². The maximum Gasteiger partial charge on any atom is 0.482 e. The van der Waals surface area contributed by atoms with E-state index in [0.29, 0.717) is 0 Å². The SMILES string of the molecule is O=P(O[C@H]1O[C@H](CO)[C@H](O)[C@H](O)[C@H]1O)(O[C@H]1O[C@H](CO)[C@H](O)[C@H](O)[C@H]1O)O[C@H]1O[C@H](CO)[C@H](O)[C@H](O)[C@H]1O. The van der Waals surface area contributed by atoms with Crippen molar-refractivity contribution >= 4 is 7.82 Å². The summed E-state index contributed by atoms with van der Waals surface area (Å²) >= 11 is 0. The Morgan fingerprint density at radius 3 is 0.895 bits per heavy atom. The predicted octanol–water partition coefficient (Wildman–Crippen LogP) is -7.46. The highest BCUT2D eigenvalue weighted by molar-refractivity contribution is 7.48. The number of ether oxygens (including phenoxy) is 3. The standard InChI is InChI=1S/C18H33O19P/c19-1-4-7(22)10(25)13(28)16(32-4)35-38(31,36-17-14(29)11(26)8(23)5(2-20)33-17)37-18-15(30)12(27)9(24)6(3-21)34-18/h4-30H,1-3H2/t4-,5-,6-,7+,8+,9+,10+,11+,12+,13-,14-,15-,16-,17-,18-/m1/s1. The zero-order valence-electron chi connectivity index (χ0n) is 19.5. The lowest BCUT2D eigenvalue weighted by Gasteiger charge is -2.44. The molecule has 12 N–H and O–H groups in total. The Morgan fingerprint density at radius 2 is 0.684 bits per heavy atom. The highest BCUT2D eigenvalue weighted by Crippen LogP contribution is 2.56. The maximum absolute atomic E-state index is 13.7. The molecular formula is C18H33O19P. The monoisotopic (exact) mass is 584 g/mol. The minimum absolute atomic E-state index is 0.920. The molecule has 0 spiro atoms. The van der Waals surface area contributed by atoms with Gasteiger partial charge in [0.25, 0.3) is 0 Å². The molecule has 0 radical (unpaired) electrons. The Bertz CT molecular complexity index is 700. The molecule has 20 heteroatoms. The van der Waals surface area contributed by atoms with Crippen molar-refractivity contribution < 1.29 is 93.6 Å². The second kappa shape index (κ2) is 13.0. The lowest BCUT2D eigenvalue weighted by molar-refractivity contribution is -0.311. The first-order valence-electron chi connectivity index (χ1n) is 11.3. The number of phosphoric ester groups is 1. The van der Waals surface area contributed by atoms with Crippen LogP contribution < -0.4 is 0 Å². The van der Waals surface area contributed by atoms with Gasteiger partial charge in [-0.1, -0.05) is 0 Å². The van der Waals surface area contributed by atoms with Gasteiger partial charge in [-0.2, -0.15) is 0 Å². The Balaban J connectivity index is 1.91. The zero-order chi connectivity index (χ0) is 28.5. The summed E-state index contributed by atoms with van der Waals surface area (Å²) in [7, 11) is -5.46. The Labute approximate surface area is 214 Å². The van der Waals surface area contributed by atoms with E-state index in [0.717, 1.165) is 0 Å². The van der Waals surface area contributed by atoms with Crippen LogP contribution >= 0.6 is 7.82 Å². The molecule has 3 rings (SSSR count). The molecule has 19 nitrogen and oxygen atoms in total. The summed E-state index contributed by atoms with van der Waals surface area (Å²) in [5.41, 5.74) is 0. The molecule has 0 amide bonds. The average Bonchev–Trinajstić information content (AvgIpc) is 2.89. The summed E-state index contributed by atoms with van der Waals surface area (Å²) in [5.74, 6) is 0. The summed E-state index contributed by atoms with van der Waals surface area (Å²) in [5, 5.41) is 119. The fourth-order valence-corrected chi connectivity index (χ4v) is 5.36. The number of hydrogen-bond acceptors (Lipinski definition) is 19. The third-order valence-corrected chi connectivity index (χ3v) is 7.64. The summed E-state index contributed by atoms with van der Waals surface area (Å²) in [6.07, 6.45) is -29.5.